The number of hydrogen-bond acceptors (Lipinski definition) is 4. The van der Waals surface area contributed by atoms with Crippen molar-refractivity contribution >= 4 is 5.82 Å². The standard InChI is InChI=1S/C16H28N4/c1-12(2)19(4)16-6-5-14(9-18-16)11-20-8-7-15(17)13(3)10-20/h5-6,9,12-13,15H,7-8,10-11,17H2,1-4H3. The third-order valence-corrected chi connectivity index (χ3v) is 4.41. The van der Waals surface area contributed by atoms with Gasteiger partial charge in [0.05, 0.1) is 0 Å². The van der Waals surface area contributed by atoms with Gasteiger partial charge in [0.25, 0.3) is 0 Å². The van der Waals surface area contributed by atoms with E-state index in [1.165, 1.54) is 5.56 Å². The number of pyridine rings is 1. The Morgan fingerprint density at radius 3 is 2.75 bits per heavy atom. The molecule has 0 aromatic carbocycles. The Morgan fingerprint density at radius 2 is 2.20 bits per heavy atom. The summed E-state index contributed by atoms with van der Waals surface area (Å²) in [7, 11) is 2.08. The molecule has 0 aliphatic carbocycles. The highest BCUT2D eigenvalue weighted by Gasteiger charge is 2.22. The van der Waals surface area contributed by atoms with Gasteiger partial charge >= 0.3 is 0 Å². The Hall–Kier alpha value is -1.13. The summed E-state index contributed by atoms with van der Waals surface area (Å²) >= 11 is 0. The first kappa shape index (κ1) is 15.3. The average molecular weight is 276 g/mol. The van der Waals surface area contributed by atoms with Gasteiger partial charge in [-0.25, -0.2) is 4.98 Å². The number of nitrogens with zero attached hydrogens (tertiary/aromatic N) is 3. The van der Waals surface area contributed by atoms with E-state index < -0.39 is 0 Å². The first-order chi connectivity index (χ1) is 9.47. The van der Waals surface area contributed by atoms with Crippen LogP contribution in [0, 0.1) is 5.92 Å². The second-order valence-corrected chi connectivity index (χ2v) is 6.39. The van der Waals surface area contributed by atoms with Crippen LogP contribution >= 0.6 is 0 Å². The predicted octanol–water partition coefficient (Wildman–Crippen LogP) is 2.10. The zero-order valence-corrected chi connectivity index (χ0v) is 13.2. The van der Waals surface area contributed by atoms with Gasteiger partial charge in [-0.2, -0.15) is 0 Å². The van der Waals surface area contributed by atoms with Crippen molar-refractivity contribution in [2.75, 3.05) is 25.0 Å². The molecule has 1 saturated heterocycles. The fourth-order valence-electron chi connectivity index (χ4n) is 2.64. The maximum Gasteiger partial charge on any atom is 0.128 e. The fourth-order valence-corrected chi connectivity index (χ4v) is 2.64. The van der Waals surface area contributed by atoms with Crippen LogP contribution in [-0.2, 0) is 6.54 Å². The van der Waals surface area contributed by atoms with Crippen molar-refractivity contribution < 1.29 is 0 Å². The van der Waals surface area contributed by atoms with Gasteiger partial charge < -0.3 is 10.6 Å². The Morgan fingerprint density at radius 1 is 1.45 bits per heavy atom. The van der Waals surface area contributed by atoms with Crippen LogP contribution in [-0.4, -0.2) is 42.1 Å². The number of anilines is 1. The van der Waals surface area contributed by atoms with Gasteiger partial charge in [0.15, 0.2) is 0 Å². The Balaban J connectivity index is 1.94. The lowest BCUT2D eigenvalue weighted by Crippen LogP contribution is -2.45. The number of likely N-dealkylation sites (tertiary alicyclic amines) is 1. The Labute approximate surface area is 123 Å². The number of piperidine rings is 1. The molecule has 0 bridgehead atoms. The number of rotatable bonds is 4. The first-order valence-corrected chi connectivity index (χ1v) is 7.63. The zero-order valence-electron chi connectivity index (χ0n) is 13.2. The van der Waals surface area contributed by atoms with Gasteiger partial charge in [-0.05, 0) is 44.4 Å². The lowest BCUT2D eigenvalue weighted by Gasteiger charge is -2.35. The highest BCUT2D eigenvalue weighted by Crippen LogP contribution is 2.18. The van der Waals surface area contributed by atoms with E-state index >= 15 is 0 Å². The van der Waals surface area contributed by atoms with E-state index in [9.17, 15) is 0 Å². The molecule has 1 fully saturated rings. The van der Waals surface area contributed by atoms with Crippen molar-refractivity contribution in [1.29, 1.82) is 0 Å². The van der Waals surface area contributed by atoms with Crippen molar-refractivity contribution in [2.24, 2.45) is 11.7 Å². The lowest BCUT2D eigenvalue weighted by atomic mass is 9.94. The molecule has 20 heavy (non-hydrogen) atoms. The minimum Gasteiger partial charge on any atom is -0.357 e. The minimum absolute atomic E-state index is 0.367. The highest BCUT2D eigenvalue weighted by atomic mass is 15.2. The van der Waals surface area contributed by atoms with Crippen LogP contribution in [0.25, 0.3) is 0 Å². The van der Waals surface area contributed by atoms with E-state index in [2.05, 4.69) is 54.7 Å². The molecule has 2 rings (SSSR count). The van der Waals surface area contributed by atoms with Gasteiger partial charge in [-0.3, -0.25) is 4.90 Å². The van der Waals surface area contributed by atoms with E-state index in [4.69, 9.17) is 5.73 Å². The van der Waals surface area contributed by atoms with Crippen molar-refractivity contribution in [3.63, 3.8) is 0 Å². The summed E-state index contributed by atoms with van der Waals surface area (Å²) in [5.74, 6) is 1.63. The molecule has 1 aromatic rings. The summed E-state index contributed by atoms with van der Waals surface area (Å²) in [6, 6.07) is 5.15. The second kappa shape index (κ2) is 6.55. The van der Waals surface area contributed by atoms with Gasteiger partial charge in [0.2, 0.25) is 0 Å². The van der Waals surface area contributed by atoms with Crippen LogP contribution in [0.5, 0.6) is 0 Å². The fraction of sp³-hybridized carbons (Fsp3) is 0.688. The SMILES string of the molecule is CC1CN(Cc2ccc(N(C)C(C)C)nc2)CCC1N. The van der Waals surface area contributed by atoms with Crippen LogP contribution in [0.3, 0.4) is 0 Å². The molecule has 1 aliphatic rings. The number of hydrogen-bond donors (Lipinski definition) is 1. The van der Waals surface area contributed by atoms with Crippen LogP contribution in [0.15, 0.2) is 18.3 Å². The predicted molar refractivity (Wildman–Crippen MR) is 84.8 cm³/mol. The van der Waals surface area contributed by atoms with Crippen molar-refractivity contribution in [3.05, 3.63) is 23.9 Å². The second-order valence-electron chi connectivity index (χ2n) is 6.39. The molecule has 2 N–H and O–H groups in total. The van der Waals surface area contributed by atoms with Crippen molar-refractivity contribution in [2.45, 2.75) is 45.8 Å². The normalized spacial score (nSPS) is 24.1. The molecule has 0 radical (unpaired) electrons. The summed E-state index contributed by atoms with van der Waals surface area (Å²) in [4.78, 5) is 9.24. The van der Waals surface area contributed by atoms with E-state index in [1.54, 1.807) is 0 Å². The quantitative estimate of drug-likeness (QED) is 0.915. The van der Waals surface area contributed by atoms with E-state index in [-0.39, 0.29) is 0 Å². The molecule has 1 aromatic heterocycles. The van der Waals surface area contributed by atoms with Crippen molar-refractivity contribution in [3.8, 4) is 0 Å². The molecule has 0 saturated carbocycles. The maximum atomic E-state index is 6.07. The van der Waals surface area contributed by atoms with E-state index in [1.807, 2.05) is 6.20 Å². The topological polar surface area (TPSA) is 45.4 Å². The smallest absolute Gasteiger partial charge is 0.128 e. The molecule has 0 spiro atoms. The summed E-state index contributed by atoms with van der Waals surface area (Å²) in [6.45, 7) is 9.77. The molecule has 0 amide bonds. The van der Waals surface area contributed by atoms with Crippen molar-refractivity contribution in [1.82, 2.24) is 9.88 Å². The van der Waals surface area contributed by atoms with Crippen LogP contribution in [0.4, 0.5) is 5.82 Å². The molecule has 2 heterocycles. The Bertz CT molecular complexity index is 415. The van der Waals surface area contributed by atoms with Gasteiger partial charge in [0.1, 0.15) is 5.82 Å². The summed E-state index contributed by atoms with van der Waals surface area (Å²) in [6.07, 6.45) is 3.11. The molecule has 4 heteroatoms. The average Bonchev–Trinajstić information content (AvgIpc) is 2.43. The summed E-state index contributed by atoms with van der Waals surface area (Å²) < 4.78 is 0. The molecule has 2 unspecified atom stereocenters. The van der Waals surface area contributed by atoms with Gasteiger partial charge in [0, 0.05) is 38.4 Å². The third kappa shape index (κ3) is 3.70. The first-order valence-electron chi connectivity index (χ1n) is 7.63. The third-order valence-electron chi connectivity index (χ3n) is 4.41. The van der Waals surface area contributed by atoms with Crippen LogP contribution in [0.2, 0.25) is 0 Å². The monoisotopic (exact) mass is 276 g/mol. The summed E-state index contributed by atoms with van der Waals surface area (Å²) in [5.41, 5.74) is 7.36. The van der Waals surface area contributed by atoms with E-state index in [0.717, 1.165) is 31.9 Å². The molecule has 112 valence electrons. The van der Waals surface area contributed by atoms with Crippen LogP contribution in [0.1, 0.15) is 32.8 Å². The molecular weight excluding hydrogens is 248 g/mol. The van der Waals surface area contributed by atoms with Gasteiger partial charge in [-0.1, -0.05) is 13.0 Å². The van der Waals surface area contributed by atoms with Gasteiger partial charge in [-0.15, -0.1) is 0 Å². The lowest BCUT2D eigenvalue weighted by molar-refractivity contribution is 0.157. The number of nitrogens with two attached hydrogens (primary N) is 1. The number of aromatic nitrogens is 1. The largest absolute Gasteiger partial charge is 0.357 e. The minimum atomic E-state index is 0.367. The molecular formula is C16H28N4. The summed E-state index contributed by atoms with van der Waals surface area (Å²) in [5, 5.41) is 0. The zero-order chi connectivity index (χ0) is 14.7. The molecule has 1 aliphatic heterocycles. The Kier molecular flexibility index (Phi) is 5.00. The molecule has 4 nitrogen and oxygen atoms in total. The highest BCUT2D eigenvalue weighted by molar-refractivity contribution is 5.39. The van der Waals surface area contributed by atoms with Crippen LogP contribution < -0.4 is 10.6 Å². The maximum absolute atomic E-state index is 6.07. The van der Waals surface area contributed by atoms with E-state index in [0.29, 0.717) is 18.0 Å². The molecule has 2 atom stereocenters.